The van der Waals surface area contributed by atoms with E-state index < -0.39 is 6.29 Å². The largest absolute Gasteiger partial charge is 0.458 e. The van der Waals surface area contributed by atoms with E-state index in [1.807, 2.05) is 0 Å². The topological polar surface area (TPSA) is 64.6 Å². The Labute approximate surface area is 125 Å². The van der Waals surface area contributed by atoms with E-state index in [1.165, 1.54) is 16.7 Å². The molecule has 1 saturated heterocycles. The summed E-state index contributed by atoms with van der Waals surface area (Å²) in [6.45, 7) is 1.67. The fourth-order valence-electron chi connectivity index (χ4n) is 3.04. The molecule has 2 aliphatic heterocycles. The second-order valence-corrected chi connectivity index (χ2v) is 6.39. The van der Waals surface area contributed by atoms with Gasteiger partial charge >= 0.3 is 5.97 Å². The Balaban J connectivity index is 1.54. The van der Waals surface area contributed by atoms with Gasteiger partial charge in [0.1, 0.15) is 0 Å². The third-order valence-electron chi connectivity index (χ3n) is 4.13. The minimum Gasteiger partial charge on any atom is -0.458 e. The van der Waals surface area contributed by atoms with Crippen molar-refractivity contribution in [2.45, 2.75) is 25.7 Å². The van der Waals surface area contributed by atoms with Gasteiger partial charge in [0.2, 0.25) is 0 Å². The molecule has 1 aliphatic carbocycles. The van der Waals surface area contributed by atoms with Crippen LogP contribution in [0.5, 0.6) is 0 Å². The van der Waals surface area contributed by atoms with E-state index in [-0.39, 0.29) is 23.8 Å². The van der Waals surface area contributed by atoms with Gasteiger partial charge in [-0.2, -0.15) is 0 Å². The summed E-state index contributed by atoms with van der Waals surface area (Å²) < 4.78 is 10.4. The number of amides is 1. The van der Waals surface area contributed by atoms with Crippen molar-refractivity contribution in [1.82, 2.24) is 5.32 Å². The summed E-state index contributed by atoms with van der Waals surface area (Å²) in [5.74, 6) is -0.371. The molecule has 0 bridgehead atoms. The van der Waals surface area contributed by atoms with E-state index in [1.54, 1.807) is 24.3 Å². The second kappa shape index (κ2) is 4.46. The summed E-state index contributed by atoms with van der Waals surface area (Å²) in [4.78, 5) is 24.7. The molecule has 1 amide bonds. The average molecular weight is 303 g/mol. The first-order valence-corrected chi connectivity index (χ1v) is 7.63. The van der Waals surface area contributed by atoms with Crippen LogP contribution in [-0.4, -0.2) is 18.2 Å². The van der Waals surface area contributed by atoms with Crippen LogP contribution in [0.1, 0.15) is 23.4 Å². The molecular weight excluding hydrogens is 290 g/mol. The number of esters is 1. The number of carbonyl (C=O) groups excluding carboxylic acids is 2. The zero-order valence-electron chi connectivity index (χ0n) is 11.3. The molecule has 5 nitrogen and oxygen atoms in total. The Morgan fingerprint density at radius 2 is 2.33 bits per heavy atom. The number of ether oxygens (including phenoxy) is 2. The van der Waals surface area contributed by atoms with E-state index in [0.717, 1.165) is 6.42 Å². The number of carbonyl (C=O) groups is 2. The van der Waals surface area contributed by atoms with Crippen molar-refractivity contribution >= 4 is 23.2 Å². The first kappa shape index (κ1) is 12.6. The molecule has 3 heterocycles. The molecule has 3 aliphatic rings. The highest BCUT2D eigenvalue weighted by molar-refractivity contribution is 7.10. The molecule has 0 unspecified atom stereocenters. The molecule has 6 heteroatoms. The maximum absolute atomic E-state index is 12.1. The van der Waals surface area contributed by atoms with Crippen LogP contribution in [0, 0.1) is 5.92 Å². The molecule has 0 spiro atoms. The predicted molar refractivity (Wildman–Crippen MR) is 75.2 cm³/mol. The lowest BCUT2D eigenvalue weighted by molar-refractivity contribution is -0.152. The van der Waals surface area contributed by atoms with E-state index in [9.17, 15) is 9.59 Å². The monoisotopic (exact) mass is 303 g/mol. The molecule has 21 heavy (non-hydrogen) atoms. The third-order valence-corrected chi connectivity index (χ3v) is 5.09. The molecule has 3 atom stereocenters. The van der Waals surface area contributed by atoms with Crippen LogP contribution in [0.3, 0.4) is 0 Å². The predicted octanol–water partition coefficient (Wildman–Crippen LogP) is 1.82. The highest BCUT2D eigenvalue weighted by Crippen LogP contribution is 2.46. The third kappa shape index (κ3) is 1.90. The van der Waals surface area contributed by atoms with Crippen molar-refractivity contribution in [2.24, 2.45) is 5.92 Å². The molecule has 0 saturated carbocycles. The van der Waals surface area contributed by atoms with Crippen LogP contribution in [0.2, 0.25) is 0 Å². The summed E-state index contributed by atoms with van der Waals surface area (Å²) in [6, 6.07) is 2.12. The lowest BCUT2D eigenvalue weighted by Gasteiger charge is -2.11. The van der Waals surface area contributed by atoms with Crippen molar-refractivity contribution in [3.05, 3.63) is 45.4 Å². The standard InChI is InChI=1S/C15H13NO4S/c1-7-4-12(20-15(7)18)19-6-10-9-5-11-8(2-3-21-11)13(9)16-14(10)17/h2-4,6,9,12-13H,5H2,1H3,(H,16,17)/b10-6+/t9-,12-,13-/m1/s1. The number of nitrogens with one attached hydrogen (secondary N) is 1. The van der Waals surface area contributed by atoms with Gasteiger partial charge in [-0.05, 0) is 30.4 Å². The van der Waals surface area contributed by atoms with Crippen LogP contribution in [0.4, 0.5) is 0 Å². The quantitative estimate of drug-likeness (QED) is 0.514. The van der Waals surface area contributed by atoms with Crippen molar-refractivity contribution in [3.63, 3.8) is 0 Å². The second-order valence-electron chi connectivity index (χ2n) is 5.39. The lowest BCUT2D eigenvalue weighted by atomic mass is 9.98. The van der Waals surface area contributed by atoms with Crippen molar-refractivity contribution in [3.8, 4) is 0 Å². The van der Waals surface area contributed by atoms with E-state index >= 15 is 0 Å². The van der Waals surface area contributed by atoms with Gasteiger partial charge in [-0.1, -0.05) is 0 Å². The highest BCUT2D eigenvalue weighted by atomic mass is 32.1. The zero-order valence-corrected chi connectivity index (χ0v) is 12.1. The van der Waals surface area contributed by atoms with Crippen molar-refractivity contribution < 1.29 is 19.1 Å². The maximum atomic E-state index is 12.1. The van der Waals surface area contributed by atoms with Gasteiger partial charge in [0.15, 0.2) is 0 Å². The van der Waals surface area contributed by atoms with Crippen molar-refractivity contribution in [1.29, 1.82) is 0 Å². The van der Waals surface area contributed by atoms with Crippen LogP contribution in [-0.2, 0) is 25.5 Å². The first-order valence-electron chi connectivity index (χ1n) is 6.75. The summed E-state index contributed by atoms with van der Waals surface area (Å²) in [5, 5.41) is 5.05. The number of hydrogen-bond donors (Lipinski definition) is 1. The number of fused-ring (bicyclic) bond motifs is 3. The fourth-order valence-corrected chi connectivity index (χ4v) is 4.03. The summed E-state index contributed by atoms with van der Waals surface area (Å²) in [7, 11) is 0. The van der Waals surface area contributed by atoms with Gasteiger partial charge in [-0.25, -0.2) is 4.79 Å². The van der Waals surface area contributed by atoms with Gasteiger partial charge in [0, 0.05) is 22.4 Å². The first-order chi connectivity index (χ1) is 10.1. The van der Waals surface area contributed by atoms with Gasteiger partial charge in [0.25, 0.3) is 12.2 Å². The summed E-state index contributed by atoms with van der Waals surface area (Å²) in [6.07, 6.45) is 3.18. The Morgan fingerprint density at radius 1 is 1.48 bits per heavy atom. The number of rotatable bonds is 2. The number of hydrogen-bond acceptors (Lipinski definition) is 5. The number of thiophene rings is 1. The molecule has 1 fully saturated rings. The van der Waals surface area contributed by atoms with Gasteiger partial charge in [0.05, 0.1) is 17.9 Å². The molecule has 0 radical (unpaired) electrons. The molecule has 1 aromatic rings. The lowest BCUT2D eigenvalue weighted by Crippen LogP contribution is -2.18. The summed E-state index contributed by atoms with van der Waals surface area (Å²) >= 11 is 1.72. The molecule has 1 N–H and O–H groups in total. The van der Waals surface area contributed by atoms with Crippen LogP contribution in [0.15, 0.2) is 34.9 Å². The molecular formula is C15H13NO4S. The minimum absolute atomic E-state index is 0.0528. The molecule has 1 aromatic heterocycles. The molecule has 108 valence electrons. The Morgan fingerprint density at radius 3 is 3.10 bits per heavy atom. The van der Waals surface area contributed by atoms with E-state index in [2.05, 4.69) is 16.8 Å². The zero-order chi connectivity index (χ0) is 14.6. The molecule has 0 aromatic carbocycles. The fraction of sp³-hybridized carbons (Fsp3) is 0.333. The normalized spacial score (nSPS) is 31.8. The van der Waals surface area contributed by atoms with E-state index in [0.29, 0.717) is 11.1 Å². The Hall–Kier alpha value is -2.08. The smallest absolute Gasteiger partial charge is 0.336 e. The highest BCUT2D eigenvalue weighted by Gasteiger charge is 2.44. The summed E-state index contributed by atoms with van der Waals surface area (Å²) in [5.41, 5.74) is 2.36. The van der Waals surface area contributed by atoms with Crippen LogP contribution < -0.4 is 5.32 Å². The van der Waals surface area contributed by atoms with E-state index in [4.69, 9.17) is 9.47 Å². The Bertz CT molecular complexity index is 702. The van der Waals surface area contributed by atoms with Gasteiger partial charge in [-0.3, -0.25) is 4.79 Å². The van der Waals surface area contributed by atoms with Gasteiger partial charge in [-0.15, -0.1) is 11.3 Å². The van der Waals surface area contributed by atoms with Gasteiger partial charge < -0.3 is 14.8 Å². The van der Waals surface area contributed by atoms with Crippen LogP contribution in [0.25, 0.3) is 0 Å². The minimum atomic E-state index is -0.729. The Kier molecular flexibility index (Phi) is 2.68. The SMILES string of the molecule is CC1=C[C@H](O/C=C2/C(=O)N[C@@H]3c4ccsc4C[C@H]23)OC1=O. The van der Waals surface area contributed by atoms with Crippen molar-refractivity contribution in [2.75, 3.05) is 0 Å². The van der Waals surface area contributed by atoms with Crippen LogP contribution >= 0.6 is 11.3 Å². The molecule has 4 rings (SSSR count). The number of cyclic esters (lactones) is 1. The average Bonchev–Trinajstić information content (AvgIpc) is 3.13. The maximum Gasteiger partial charge on any atom is 0.336 e.